The molecule has 1 amide bonds. The number of carbonyl (C=O) groups excluding carboxylic acids is 1. The topological polar surface area (TPSA) is 32.3 Å². The number of aryl methyl sites for hydroxylation is 1. The van der Waals surface area contributed by atoms with Crippen molar-refractivity contribution in [3.05, 3.63) is 21.4 Å². The van der Waals surface area contributed by atoms with Crippen molar-refractivity contribution in [2.75, 3.05) is 26.7 Å². The molecule has 0 radical (unpaired) electrons. The van der Waals surface area contributed by atoms with E-state index in [0.717, 1.165) is 49.7 Å². The van der Waals surface area contributed by atoms with Crippen LogP contribution in [0.2, 0.25) is 0 Å². The first-order valence-electron chi connectivity index (χ1n) is 9.44. The normalized spacial score (nSPS) is 23.8. The molecule has 25 heavy (non-hydrogen) atoms. The minimum atomic E-state index is 0. The summed E-state index contributed by atoms with van der Waals surface area (Å²) in [7, 11) is 2.00. The highest BCUT2D eigenvalue weighted by Crippen LogP contribution is 2.40. The van der Waals surface area contributed by atoms with Gasteiger partial charge in [0.05, 0.1) is 4.88 Å². The number of hydrogen-bond donors (Lipinski definition) is 1. The van der Waals surface area contributed by atoms with Crippen LogP contribution in [0.5, 0.6) is 0 Å². The van der Waals surface area contributed by atoms with Gasteiger partial charge in [-0.05, 0) is 74.6 Å². The van der Waals surface area contributed by atoms with Gasteiger partial charge in [-0.1, -0.05) is 20.8 Å². The molecule has 1 N–H and O–H groups in total. The van der Waals surface area contributed by atoms with E-state index >= 15 is 0 Å². The van der Waals surface area contributed by atoms with Gasteiger partial charge in [-0.25, -0.2) is 0 Å². The van der Waals surface area contributed by atoms with Crippen molar-refractivity contribution in [1.29, 1.82) is 0 Å². The lowest BCUT2D eigenvalue weighted by molar-refractivity contribution is 0.0679. The standard InChI is InChI=1S/C20H32N2OS.ClH/c1-20(2,3)16-7-8-17-15(10-16)11-18(24-17)19(23)22-9-5-6-14(13-22)12-21-4;/h11,14,16,21H,5-10,12-13H2,1-4H3;1H. The zero-order valence-electron chi connectivity index (χ0n) is 16.1. The van der Waals surface area contributed by atoms with Crippen molar-refractivity contribution in [3.63, 3.8) is 0 Å². The smallest absolute Gasteiger partial charge is 0.263 e. The van der Waals surface area contributed by atoms with Gasteiger partial charge < -0.3 is 10.2 Å². The predicted molar refractivity (Wildman–Crippen MR) is 109 cm³/mol. The van der Waals surface area contributed by atoms with E-state index in [1.807, 2.05) is 7.05 Å². The number of thiophene rings is 1. The summed E-state index contributed by atoms with van der Waals surface area (Å²) in [4.78, 5) is 17.5. The predicted octanol–water partition coefficient (Wildman–Crippen LogP) is 4.39. The maximum Gasteiger partial charge on any atom is 0.263 e. The average molecular weight is 385 g/mol. The largest absolute Gasteiger partial charge is 0.338 e. The van der Waals surface area contributed by atoms with E-state index in [4.69, 9.17) is 0 Å². The van der Waals surface area contributed by atoms with Crippen molar-refractivity contribution in [2.45, 2.75) is 52.9 Å². The second-order valence-electron chi connectivity index (χ2n) is 8.68. The Morgan fingerprint density at radius 1 is 1.36 bits per heavy atom. The van der Waals surface area contributed by atoms with Crippen LogP contribution in [0.4, 0.5) is 0 Å². The molecule has 1 saturated heterocycles. The van der Waals surface area contributed by atoms with Gasteiger partial charge in [0.25, 0.3) is 5.91 Å². The third kappa shape index (κ3) is 4.78. The molecule has 2 unspecified atom stereocenters. The molecule has 1 aliphatic carbocycles. The lowest BCUT2D eigenvalue weighted by Crippen LogP contribution is -2.42. The van der Waals surface area contributed by atoms with Gasteiger partial charge in [-0.15, -0.1) is 23.7 Å². The summed E-state index contributed by atoms with van der Waals surface area (Å²) in [5, 5.41) is 3.26. The van der Waals surface area contributed by atoms with Gasteiger partial charge in [0.15, 0.2) is 0 Å². The average Bonchev–Trinajstić information content (AvgIpc) is 2.97. The van der Waals surface area contributed by atoms with Gasteiger partial charge in [-0.2, -0.15) is 0 Å². The molecule has 1 fully saturated rings. The third-order valence-electron chi connectivity index (χ3n) is 5.82. The summed E-state index contributed by atoms with van der Waals surface area (Å²) < 4.78 is 0. The van der Waals surface area contributed by atoms with Crippen LogP contribution in [0.15, 0.2) is 6.07 Å². The molecule has 0 spiro atoms. The van der Waals surface area contributed by atoms with E-state index in [2.05, 4.69) is 37.1 Å². The van der Waals surface area contributed by atoms with E-state index in [-0.39, 0.29) is 18.3 Å². The number of amides is 1. The molecule has 3 rings (SSSR count). The van der Waals surface area contributed by atoms with Gasteiger partial charge in [0.1, 0.15) is 0 Å². The molecular formula is C20H33ClN2OS. The van der Waals surface area contributed by atoms with Gasteiger partial charge in [0, 0.05) is 18.0 Å². The van der Waals surface area contributed by atoms with Crippen molar-refractivity contribution < 1.29 is 4.79 Å². The molecule has 2 aliphatic rings. The summed E-state index contributed by atoms with van der Waals surface area (Å²) in [6.45, 7) is 9.88. The Morgan fingerprint density at radius 3 is 2.80 bits per heavy atom. The molecular weight excluding hydrogens is 352 g/mol. The first kappa shape index (κ1) is 20.7. The number of halogens is 1. The molecule has 0 saturated carbocycles. The number of fused-ring (bicyclic) bond motifs is 1. The molecule has 0 aromatic carbocycles. The van der Waals surface area contributed by atoms with Gasteiger partial charge in [0.2, 0.25) is 0 Å². The molecule has 142 valence electrons. The monoisotopic (exact) mass is 384 g/mol. The number of hydrogen-bond acceptors (Lipinski definition) is 3. The highest BCUT2D eigenvalue weighted by atomic mass is 35.5. The molecule has 1 aromatic rings. The van der Waals surface area contributed by atoms with Crippen molar-refractivity contribution >= 4 is 29.7 Å². The summed E-state index contributed by atoms with van der Waals surface area (Å²) >= 11 is 1.76. The van der Waals surface area contributed by atoms with Crippen LogP contribution in [0, 0.1) is 17.3 Å². The lowest BCUT2D eigenvalue weighted by Gasteiger charge is -2.33. The maximum atomic E-state index is 13.0. The van der Waals surface area contributed by atoms with Crippen molar-refractivity contribution in [1.82, 2.24) is 10.2 Å². The molecule has 1 aromatic heterocycles. The Balaban J connectivity index is 0.00000225. The van der Waals surface area contributed by atoms with Crippen molar-refractivity contribution in [2.24, 2.45) is 17.3 Å². The number of piperidine rings is 1. The SMILES string of the molecule is CNCC1CCCN(C(=O)c2cc3c(s2)CCC(C(C)(C)C)C3)C1.Cl. The van der Waals surface area contributed by atoms with E-state index in [1.165, 1.54) is 23.3 Å². The minimum absolute atomic E-state index is 0. The Morgan fingerprint density at radius 2 is 2.12 bits per heavy atom. The molecule has 0 bridgehead atoms. The van der Waals surface area contributed by atoms with E-state index < -0.39 is 0 Å². The molecule has 5 heteroatoms. The van der Waals surface area contributed by atoms with Crippen LogP contribution >= 0.6 is 23.7 Å². The van der Waals surface area contributed by atoms with Crippen LogP contribution in [0.25, 0.3) is 0 Å². The number of nitrogens with one attached hydrogen (secondary N) is 1. The fourth-order valence-corrected chi connectivity index (χ4v) is 5.41. The number of likely N-dealkylation sites (tertiary alicyclic amines) is 1. The lowest BCUT2D eigenvalue weighted by atomic mass is 9.72. The van der Waals surface area contributed by atoms with Gasteiger partial charge in [-0.3, -0.25) is 4.79 Å². The second-order valence-corrected chi connectivity index (χ2v) is 9.82. The fraction of sp³-hybridized carbons (Fsp3) is 0.750. The minimum Gasteiger partial charge on any atom is -0.338 e. The zero-order chi connectivity index (χ0) is 17.3. The third-order valence-corrected chi connectivity index (χ3v) is 7.04. The number of carbonyl (C=O) groups is 1. The highest BCUT2D eigenvalue weighted by Gasteiger charge is 2.31. The van der Waals surface area contributed by atoms with Crippen LogP contribution in [0.1, 0.15) is 60.1 Å². The Bertz CT molecular complexity index is 591. The Labute approximate surface area is 163 Å². The molecule has 1 aliphatic heterocycles. The number of nitrogens with zero attached hydrogens (tertiary/aromatic N) is 1. The Hall–Kier alpha value is -0.580. The summed E-state index contributed by atoms with van der Waals surface area (Å²) in [6, 6.07) is 2.21. The first-order chi connectivity index (χ1) is 11.4. The number of rotatable bonds is 3. The van der Waals surface area contributed by atoms with Crippen molar-refractivity contribution in [3.8, 4) is 0 Å². The molecule has 2 atom stereocenters. The van der Waals surface area contributed by atoms with Crippen LogP contribution in [-0.2, 0) is 12.8 Å². The van der Waals surface area contributed by atoms with E-state index in [1.54, 1.807) is 11.3 Å². The van der Waals surface area contributed by atoms with Gasteiger partial charge >= 0.3 is 0 Å². The van der Waals surface area contributed by atoms with Crippen LogP contribution in [0.3, 0.4) is 0 Å². The second kappa shape index (κ2) is 8.41. The summed E-state index contributed by atoms with van der Waals surface area (Å²) in [6.07, 6.45) is 5.93. The van der Waals surface area contributed by atoms with E-state index in [0.29, 0.717) is 11.3 Å². The Kier molecular flexibility index (Phi) is 6.97. The molecule has 2 heterocycles. The maximum absolute atomic E-state index is 13.0. The highest BCUT2D eigenvalue weighted by molar-refractivity contribution is 7.14. The molecule has 3 nitrogen and oxygen atoms in total. The van der Waals surface area contributed by atoms with Crippen LogP contribution < -0.4 is 5.32 Å². The quantitative estimate of drug-likeness (QED) is 0.837. The summed E-state index contributed by atoms with van der Waals surface area (Å²) in [5.41, 5.74) is 1.80. The fourth-order valence-electron chi connectivity index (χ4n) is 4.23. The summed E-state index contributed by atoms with van der Waals surface area (Å²) in [5.74, 6) is 1.60. The first-order valence-corrected chi connectivity index (χ1v) is 10.3. The van der Waals surface area contributed by atoms with Crippen LogP contribution in [-0.4, -0.2) is 37.5 Å². The van der Waals surface area contributed by atoms with E-state index in [9.17, 15) is 4.79 Å². The zero-order valence-corrected chi connectivity index (χ0v) is 17.7.